The van der Waals surface area contributed by atoms with E-state index in [0.29, 0.717) is 5.69 Å². The van der Waals surface area contributed by atoms with E-state index in [4.69, 9.17) is 5.84 Å². The summed E-state index contributed by atoms with van der Waals surface area (Å²) >= 11 is 1.46. The summed E-state index contributed by atoms with van der Waals surface area (Å²) in [7, 11) is 0. The zero-order chi connectivity index (χ0) is 13.7. The van der Waals surface area contributed by atoms with Crippen LogP contribution in [0.15, 0.2) is 29.6 Å². The minimum absolute atomic E-state index is 0.198. The van der Waals surface area contributed by atoms with Gasteiger partial charge in [0.15, 0.2) is 5.13 Å². The molecule has 0 aliphatic heterocycles. The monoisotopic (exact) mass is 276 g/mol. The largest absolute Gasteiger partial charge is 0.332 e. The van der Waals surface area contributed by atoms with Crippen LogP contribution in [0.4, 0.5) is 10.8 Å². The Morgan fingerprint density at radius 3 is 2.74 bits per heavy atom. The highest BCUT2D eigenvalue weighted by Crippen LogP contribution is 2.21. The second kappa shape index (κ2) is 6.31. The van der Waals surface area contributed by atoms with Crippen molar-refractivity contribution in [3.05, 3.63) is 40.9 Å². The number of anilines is 2. The molecule has 0 aliphatic rings. The Bertz CT molecular complexity index is 550. The van der Waals surface area contributed by atoms with Crippen LogP contribution < -0.4 is 16.6 Å². The van der Waals surface area contributed by atoms with Gasteiger partial charge in [0, 0.05) is 11.1 Å². The number of amides is 1. The number of aryl methyl sites for hydroxylation is 1. The van der Waals surface area contributed by atoms with Crippen molar-refractivity contribution >= 4 is 28.1 Å². The fourth-order valence-corrected chi connectivity index (χ4v) is 2.34. The van der Waals surface area contributed by atoms with E-state index in [1.165, 1.54) is 16.9 Å². The Kier molecular flexibility index (Phi) is 4.48. The van der Waals surface area contributed by atoms with Gasteiger partial charge in [-0.3, -0.25) is 10.2 Å². The highest BCUT2D eigenvalue weighted by Gasteiger charge is 2.06. The molecule has 1 amide bonds. The molecule has 19 heavy (non-hydrogen) atoms. The molecule has 0 atom stereocenters. The molecule has 0 unspecified atom stereocenters. The summed E-state index contributed by atoms with van der Waals surface area (Å²) in [5, 5.41) is 5.82. The van der Waals surface area contributed by atoms with Gasteiger partial charge in [-0.2, -0.15) is 0 Å². The molecular weight excluding hydrogens is 260 g/mol. The number of benzene rings is 1. The van der Waals surface area contributed by atoms with Gasteiger partial charge >= 0.3 is 0 Å². The van der Waals surface area contributed by atoms with Gasteiger partial charge in [-0.05, 0) is 24.1 Å². The lowest BCUT2D eigenvalue weighted by Gasteiger charge is -2.03. The van der Waals surface area contributed by atoms with Crippen molar-refractivity contribution in [2.75, 3.05) is 5.32 Å². The average molecular weight is 276 g/mol. The fourth-order valence-electron chi connectivity index (χ4n) is 1.61. The molecule has 4 N–H and O–H groups in total. The van der Waals surface area contributed by atoms with Crippen LogP contribution in [0.25, 0.3) is 0 Å². The molecule has 2 aromatic rings. The summed E-state index contributed by atoms with van der Waals surface area (Å²) in [5.74, 6) is 4.79. The Labute approximate surface area is 115 Å². The summed E-state index contributed by atoms with van der Waals surface area (Å²) in [5.41, 5.74) is 5.08. The highest BCUT2D eigenvalue weighted by molar-refractivity contribution is 7.13. The van der Waals surface area contributed by atoms with E-state index in [-0.39, 0.29) is 12.3 Å². The summed E-state index contributed by atoms with van der Waals surface area (Å²) in [6, 6.07) is 8.20. The summed E-state index contributed by atoms with van der Waals surface area (Å²) < 4.78 is 0. The van der Waals surface area contributed by atoms with Crippen LogP contribution in [0, 0.1) is 0 Å². The number of nitrogens with two attached hydrogens (primary N) is 1. The van der Waals surface area contributed by atoms with Gasteiger partial charge in [-0.1, -0.05) is 19.1 Å². The van der Waals surface area contributed by atoms with E-state index >= 15 is 0 Å². The predicted octanol–water partition coefficient (Wildman–Crippen LogP) is 1.98. The number of nitrogens with zero attached hydrogens (tertiary/aromatic N) is 1. The number of nitrogens with one attached hydrogen (secondary N) is 2. The number of hydrogen-bond acceptors (Lipinski definition) is 5. The van der Waals surface area contributed by atoms with Crippen LogP contribution in [0.5, 0.6) is 0 Å². The molecule has 1 heterocycles. The van der Waals surface area contributed by atoms with E-state index in [9.17, 15) is 4.79 Å². The lowest BCUT2D eigenvalue weighted by Crippen LogP contribution is -2.31. The SMILES string of the molecule is CCc1ccc(Nc2nc(CC(=O)NN)cs2)cc1. The maximum atomic E-state index is 11.1. The normalized spacial score (nSPS) is 10.2. The van der Waals surface area contributed by atoms with Crippen LogP contribution >= 0.6 is 11.3 Å². The first-order valence-corrected chi connectivity index (χ1v) is 6.89. The van der Waals surface area contributed by atoms with E-state index in [1.54, 1.807) is 0 Å². The number of carbonyl (C=O) groups excluding carboxylic acids is 1. The molecule has 2 rings (SSSR count). The molecule has 0 saturated heterocycles. The topological polar surface area (TPSA) is 80.0 Å². The van der Waals surface area contributed by atoms with Gasteiger partial charge in [0.2, 0.25) is 5.91 Å². The second-order valence-corrected chi connectivity index (χ2v) is 4.92. The standard InChI is InChI=1S/C13H16N4OS/c1-2-9-3-5-10(6-4-9)15-13-16-11(8-19-13)7-12(18)17-14/h3-6,8H,2,7,14H2,1H3,(H,15,16)(H,17,18). The van der Waals surface area contributed by atoms with Crippen molar-refractivity contribution in [1.29, 1.82) is 0 Å². The third-order valence-corrected chi connectivity index (χ3v) is 3.47. The Morgan fingerprint density at radius 2 is 2.11 bits per heavy atom. The summed E-state index contributed by atoms with van der Waals surface area (Å²) in [6.45, 7) is 2.12. The van der Waals surface area contributed by atoms with E-state index in [2.05, 4.69) is 34.8 Å². The first kappa shape index (κ1) is 13.5. The van der Waals surface area contributed by atoms with Crippen molar-refractivity contribution in [3.8, 4) is 0 Å². The molecule has 0 aliphatic carbocycles. The van der Waals surface area contributed by atoms with Crippen LogP contribution in [0.3, 0.4) is 0 Å². The predicted molar refractivity (Wildman–Crippen MR) is 77.3 cm³/mol. The van der Waals surface area contributed by atoms with E-state index in [1.807, 2.05) is 17.5 Å². The Hall–Kier alpha value is -1.92. The molecule has 0 spiro atoms. The molecule has 1 aromatic heterocycles. The quantitative estimate of drug-likeness (QED) is 0.443. The molecule has 5 nitrogen and oxygen atoms in total. The zero-order valence-electron chi connectivity index (χ0n) is 10.6. The van der Waals surface area contributed by atoms with E-state index in [0.717, 1.165) is 17.2 Å². The van der Waals surface area contributed by atoms with Gasteiger partial charge in [0.25, 0.3) is 0 Å². The van der Waals surface area contributed by atoms with Crippen LogP contribution in [0.1, 0.15) is 18.2 Å². The lowest BCUT2D eigenvalue weighted by atomic mass is 10.1. The van der Waals surface area contributed by atoms with Crippen molar-refractivity contribution in [2.24, 2.45) is 5.84 Å². The number of aromatic nitrogens is 1. The minimum Gasteiger partial charge on any atom is -0.332 e. The molecule has 0 radical (unpaired) electrons. The van der Waals surface area contributed by atoms with Crippen molar-refractivity contribution in [1.82, 2.24) is 10.4 Å². The van der Waals surface area contributed by atoms with Gasteiger partial charge in [-0.25, -0.2) is 10.8 Å². The molecule has 0 fully saturated rings. The van der Waals surface area contributed by atoms with Gasteiger partial charge < -0.3 is 5.32 Å². The van der Waals surface area contributed by atoms with Crippen LogP contribution in [-0.4, -0.2) is 10.9 Å². The van der Waals surface area contributed by atoms with Crippen LogP contribution in [0.2, 0.25) is 0 Å². The Balaban J connectivity index is 2.00. The minimum atomic E-state index is -0.246. The first-order chi connectivity index (χ1) is 9.21. The highest BCUT2D eigenvalue weighted by atomic mass is 32.1. The summed E-state index contributed by atoms with van der Waals surface area (Å²) in [6.07, 6.45) is 1.22. The van der Waals surface area contributed by atoms with Gasteiger partial charge in [0.1, 0.15) is 0 Å². The van der Waals surface area contributed by atoms with Crippen molar-refractivity contribution < 1.29 is 4.79 Å². The molecule has 0 bridgehead atoms. The van der Waals surface area contributed by atoms with Crippen LogP contribution in [-0.2, 0) is 17.6 Å². The number of hydrazine groups is 1. The van der Waals surface area contributed by atoms with Gasteiger partial charge in [-0.15, -0.1) is 11.3 Å². The number of rotatable bonds is 5. The molecule has 100 valence electrons. The second-order valence-electron chi connectivity index (χ2n) is 4.06. The number of hydrogen-bond donors (Lipinski definition) is 3. The summed E-state index contributed by atoms with van der Waals surface area (Å²) in [4.78, 5) is 15.5. The number of carbonyl (C=O) groups is 1. The molecule has 0 saturated carbocycles. The molecule has 6 heteroatoms. The maximum Gasteiger partial charge on any atom is 0.239 e. The fraction of sp³-hybridized carbons (Fsp3) is 0.231. The third-order valence-electron chi connectivity index (χ3n) is 2.67. The zero-order valence-corrected chi connectivity index (χ0v) is 11.5. The smallest absolute Gasteiger partial charge is 0.239 e. The van der Waals surface area contributed by atoms with E-state index < -0.39 is 0 Å². The van der Waals surface area contributed by atoms with Crippen molar-refractivity contribution in [3.63, 3.8) is 0 Å². The molecule has 1 aromatic carbocycles. The molecular formula is C13H16N4OS. The maximum absolute atomic E-state index is 11.1. The first-order valence-electron chi connectivity index (χ1n) is 6.01. The lowest BCUT2D eigenvalue weighted by molar-refractivity contribution is -0.120. The third kappa shape index (κ3) is 3.77. The Morgan fingerprint density at radius 1 is 1.37 bits per heavy atom. The van der Waals surface area contributed by atoms with Crippen molar-refractivity contribution in [2.45, 2.75) is 19.8 Å². The van der Waals surface area contributed by atoms with Gasteiger partial charge in [0.05, 0.1) is 12.1 Å². The average Bonchev–Trinajstić information content (AvgIpc) is 2.86. The number of thiazole rings is 1.